The number of hydrogen-bond donors (Lipinski definition) is 1. The van der Waals surface area contributed by atoms with Gasteiger partial charge in [0, 0.05) is 18.4 Å². The number of rotatable bonds is 6. The summed E-state index contributed by atoms with van der Waals surface area (Å²) in [7, 11) is 0. The van der Waals surface area contributed by atoms with Gasteiger partial charge < -0.3 is 9.72 Å². The number of nitrogens with zero attached hydrogens (tertiary/aromatic N) is 1. The quantitative estimate of drug-likeness (QED) is 0.846. The van der Waals surface area contributed by atoms with E-state index < -0.39 is 5.60 Å². The van der Waals surface area contributed by atoms with Crippen LogP contribution in [0.2, 0.25) is 0 Å². The Hall–Kier alpha value is -1.16. The van der Waals surface area contributed by atoms with Gasteiger partial charge in [0.2, 0.25) is 0 Å². The Labute approximate surface area is 109 Å². The van der Waals surface area contributed by atoms with Gasteiger partial charge in [-0.25, -0.2) is 4.98 Å². The monoisotopic (exact) mass is 252 g/mol. The van der Waals surface area contributed by atoms with E-state index in [-0.39, 0.29) is 5.56 Å². The number of aromatic nitrogens is 2. The molecule has 0 aliphatic rings. The highest BCUT2D eigenvalue weighted by molar-refractivity contribution is 5.08. The van der Waals surface area contributed by atoms with E-state index in [4.69, 9.17) is 4.74 Å². The van der Waals surface area contributed by atoms with E-state index >= 15 is 0 Å². The SMILES string of the molecule is CCOC(C)(CC)c1nc(CC(C)C)cc(=O)[nH]1. The molecular weight excluding hydrogens is 228 g/mol. The second kappa shape index (κ2) is 6.14. The van der Waals surface area contributed by atoms with Gasteiger partial charge in [-0.3, -0.25) is 4.79 Å². The maximum absolute atomic E-state index is 11.7. The average Bonchev–Trinajstić information content (AvgIpc) is 2.27. The van der Waals surface area contributed by atoms with E-state index in [1.807, 2.05) is 20.8 Å². The molecule has 0 bridgehead atoms. The van der Waals surface area contributed by atoms with Crippen molar-refractivity contribution in [3.8, 4) is 0 Å². The minimum atomic E-state index is -0.513. The van der Waals surface area contributed by atoms with E-state index in [0.29, 0.717) is 18.3 Å². The third-order valence-electron chi connectivity index (χ3n) is 3.05. The number of H-pyrrole nitrogens is 1. The van der Waals surface area contributed by atoms with Crippen molar-refractivity contribution >= 4 is 0 Å². The van der Waals surface area contributed by atoms with Crippen LogP contribution in [-0.4, -0.2) is 16.6 Å². The molecule has 1 unspecified atom stereocenters. The van der Waals surface area contributed by atoms with Gasteiger partial charge in [0.05, 0.1) is 0 Å². The zero-order chi connectivity index (χ0) is 13.8. The Morgan fingerprint density at radius 1 is 1.44 bits per heavy atom. The summed E-state index contributed by atoms with van der Waals surface area (Å²) >= 11 is 0. The first-order chi connectivity index (χ1) is 8.41. The summed E-state index contributed by atoms with van der Waals surface area (Å²) in [6.45, 7) is 10.8. The van der Waals surface area contributed by atoms with Crippen LogP contribution < -0.4 is 5.56 Å². The summed E-state index contributed by atoms with van der Waals surface area (Å²) in [5.41, 5.74) is 0.221. The molecule has 1 atom stereocenters. The minimum Gasteiger partial charge on any atom is -0.368 e. The van der Waals surface area contributed by atoms with Crippen LogP contribution in [0.4, 0.5) is 0 Å². The van der Waals surface area contributed by atoms with Gasteiger partial charge in [-0.2, -0.15) is 0 Å². The van der Waals surface area contributed by atoms with Gasteiger partial charge in [-0.15, -0.1) is 0 Å². The molecule has 0 spiro atoms. The lowest BCUT2D eigenvalue weighted by atomic mass is 10.0. The maximum atomic E-state index is 11.7. The average molecular weight is 252 g/mol. The summed E-state index contributed by atoms with van der Waals surface area (Å²) in [5, 5.41) is 0. The molecule has 0 aromatic carbocycles. The van der Waals surface area contributed by atoms with Gasteiger partial charge in [-0.1, -0.05) is 20.8 Å². The molecule has 1 aromatic heterocycles. The topological polar surface area (TPSA) is 55.0 Å². The Kier molecular flexibility index (Phi) is 5.08. The van der Waals surface area contributed by atoms with Crippen LogP contribution in [0, 0.1) is 5.92 Å². The van der Waals surface area contributed by atoms with Crippen molar-refractivity contribution in [3.05, 3.63) is 27.9 Å². The number of aromatic amines is 1. The van der Waals surface area contributed by atoms with Crippen LogP contribution >= 0.6 is 0 Å². The molecule has 18 heavy (non-hydrogen) atoms. The van der Waals surface area contributed by atoms with Crippen molar-refractivity contribution in [2.45, 2.75) is 53.1 Å². The smallest absolute Gasteiger partial charge is 0.251 e. The van der Waals surface area contributed by atoms with Crippen LogP contribution in [0.5, 0.6) is 0 Å². The third-order valence-corrected chi connectivity index (χ3v) is 3.05. The Morgan fingerprint density at radius 3 is 2.61 bits per heavy atom. The second-order valence-electron chi connectivity index (χ2n) is 5.20. The molecule has 0 radical (unpaired) electrons. The normalized spacial score (nSPS) is 14.8. The molecular formula is C14H24N2O2. The van der Waals surface area contributed by atoms with Crippen molar-refractivity contribution in [2.24, 2.45) is 5.92 Å². The standard InChI is InChI=1S/C14H24N2O2/c1-6-14(5,18-7-2)13-15-11(8-10(3)4)9-12(17)16-13/h9-10H,6-8H2,1-5H3,(H,15,16,17). The van der Waals surface area contributed by atoms with E-state index in [1.165, 1.54) is 0 Å². The predicted molar refractivity (Wildman–Crippen MR) is 72.7 cm³/mol. The van der Waals surface area contributed by atoms with Gasteiger partial charge in [-0.05, 0) is 32.6 Å². The zero-order valence-corrected chi connectivity index (χ0v) is 12.0. The highest BCUT2D eigenvalue weighted by Gasteiger charge is 2.28. The molecule has 0 saturated carbocycles. The summed E-state index contributed by atoms with van der Waals surface area (Å²) in [6.07, 6.45) is 1.58. The Balaban J connectivity index is 3.15. The van der Waals surface area contributed by atoms with Gasteiger partial charge >= 0.3 is 0 Å². The fraction of sp³-hybridized carbons (Fsp3) is 0.714. The molecule has 4 heteroatoms. The molecule has 1 rings (SSSR count). The maximum Gasteiger partial charge on any atom is 0.251 e. The van der Waals surface area contributed by atoms with Crippen molar-refractivity contribution in [1.82, 2.24) is 9.97 Å². The van der Waals surface area contributed by atoms with Crippen LogP contribution in [0.25, 0.3) is 0 Å². The molecule has 0 amide bonds. The number of nitrogens with one attached hydrogen (secondary N) is 1. The van der Waals surface area contributed by atoms with Crippen molar-refractivity contribution < 1.29 is 4.74 Å². The van der Waals surface area contributed by atoms with Crippen molar-refractivity contribution in [2.75, 3.05) is 6.61 Å². The predicted octanol–water partition coefficient (Wildman–Crippen LogP) is 2.63. The highest BCUT2D eigenvalue weighted by atomic mass is 16.5. The minimum absolute atomic E-state index is 0.102. The largest absolute Gasteiger partial charge is 0.368 e. The lowest BCUT2D eigenvalue weighted by molar-refractivity contribution is -0.0393. The van der Waals surface area contributed by atoms with E-state index in [9.17, 15) is 4.79 Å². The van der Waals surface area contributed by atoms with Crippen molar-refractivity contribution in [3.63, 3.8) is 0 Å². The molecule has 0 fully saturated rings. The van der Waals surface area contributed by atoms with E-state index in [1.54, 1.807) is 6.07 Å². The fourth-order valence-electron chi connectivity index (χ4n) is 1.94. The number of ether oxygens (including phenoxy) is 1. The van der Waals surface area contributed by atoms with Crippen LogP contribution in [-0.2, 0) is 16.8 Å². The summed E-state index contributed by atoms with van der Waals surface area (Å²) in [4.78, 5) is 19.1. The fourth-order valence-corrected chi connectivity index (χ4v) is 1.94. The second-order valence-corrected chi connectivity index (χ2v) is 5.20. The summed E-state index contributed by atoms with van der Waals surface area (Å²) in [6, 6.07) is 1.57. The molecule has 0 aliphatic heterocycles. The number of hydrogen-bond acceptors (Lipinski definition) is 3. The molecule has 4 nitrogen and oxygen atoms in total. The lowest BCUT2D eigenvalue weighted by Crippen LogP contribution is -2.31. The molecule has 1 N–H and O–H groups in total. The molecule has 0 saturated heterocycles. The van der Waals surface area contributed by atoms with Gasteiger partial charge in [0.1, 0.15) is 11.4 Å². The van der Waals surface area contributed by atoms with Crippen LogP contribution in [0.15, 0.2) is 10.9 Å². The lowest BCUT2D eigenvalue weighted by Gasteiger charge is -2.27. The zero-order valence-electron chi connectivity index (χ0n) is 12.0. The first-order valence-electron chi connectivity index (χ1n) is 6.66. The first kappa shape index (κ1) is 14.9. The van der Waals surface area contributed by atoms with Crippen LogP contribution in [0.3, 0.4) is 0 Å². The van der Waals surface area contributed by atoms with E-state index in [2.05, 4.69) is 23.8 Å². The molecule has 102 valence electrons. The molecule has 0 aliphatic carbocycles. The summed E-state index contributed by atoms with van der Waals surface area (Å²) < 4.78 is 5.75. The van der Waals surface area contributed by atoms with Gasteiger partial charge in [0.25, 0.3) is 5.56 Å². The Morgan fingerprint density at radius 2 is 2.11 bits per heavy atom. The Bertz CT molecular complexity index is 440. The van der Waals surface area contributed by atoms with Crippen LogP contribution in [0.1, 0.15) is 52.6 Å². The first-order valence-corrected chi connectivity index (χ1v) is 6.66. The van der Waals surface area contributed by atoms with Gasteiger partial charge in [0.15, 0.2) is 0 Å². The third kappa shape index (κ3) is 3.67. The molecule has 1 aromatic rings. The van der Waals surface area contributed by atoms with Crippen molar-refractivity contribution in [1.29, 1.82) is 0 Å². The van der Waals surface area contributed by atoms with E-state index in [0.717, 1.165) is 18.5 Å². The molecule has 1 heterocycles. The highest BCUT2D eigenvalue weighted by Crippen LogP contribution is 2.25. The summed E-state index contributed by atoms with van der Waals surface area (Å²) in [5.74, 6) is 1.11.